The summed E-state index contributed by atoms with van der Waals surface area (Å²) in [6, 6.07) is 11.8. The molecule has 8 nitrogen and oxygen atoms in total. The molecule has 3 aromatic rings. The third-order valence-corrected chi connectivity index (χ3v) is 5.24. The number of aromatic nitrogens is 2. The molecule has 2 heterocycles. The van der Waals surface area contributed by atoms with E-state index in [2.05, 4.69) is 15.7 Å². The van der Waals surface area contributed by atoms with Crippen LogP contribution >= 0.6 is 11.6 Å². The number of hydrogen-bond donors (Lipinski definition) is 4. The SMILES string of the molecule is O=C(Nc1ccc(-c2cn(CCO)nc2-c2cc(Cl)ccc2O)cc1)C1COCCN1. The van der Waals surface area contributed by atoms with Crippen LogP contribution in [0.2, 0.25) is 5.02 Å². The van der Waals surface area contributed by atoms with Gasteiger partial charge < -0.3 is 25.6 Å². The van der Waals surface area contributed by atoms with E-state index in [0.29, 0.717) is 48.3 Å². The van der Waals surface area contributed by atoms with E-state index in [1.54, 1.807) is 16.8 Å². The Balaban J connectivity index is 1.61. The van der Waals surface area contributed by atoms with Gasteiger partial charge in [0.05, 0.1) is 26.4 Å². The van der Waals surface area contributed by atoms with Crippen molar-refractivity contribution < 1.29 is 19.7 Å². The highest BCUT2D eigenvalue weighted by Gasteiger charge is 2.21. The summed E-state index contributed by atoms with van der Waals surface area (Å²) in [7, 11) is 0. The second kappa shape index (κ2) is 9.49. The van der Waals surface area contributed by atoms with E-state index in [-0.39, 0.29) is 24.3 Å². The number of carbonyl (C=O) groups excluding carboxylic acids is 1. The number of aliphatic hydroxyl groups excluding tert-OH is 1. The molecule has 1 aliphatic heterocycles. The van der Waals surface area contributed by atoms with Gasteiger partial charge in [0, 0.05) is 34.6 Å². The summed E-state index contributed by atoms with van der Waals surface area (Å²) >= 11 is 6.13. The Bertz CT molecular complexity index is 1060. The Kier molecular flexibility index (Phi) is 6.53. The molecular formula is C22H23ClN4O4. The third kappa shape index (κ3) is 4.88. The Morgan fingerprint density at radius 3 is 2.77 bits per heavy atom. The van der Waals surface area contributed by atoms with Crippen LogP contribution in [-0.2, 0) is 16.1 Å². The normalized spacial score (nSPS) is 16.3. The molecule has 162 valence electrons. The number of anilines is 1. The van der Waals surface area contributed by atoms with Gasteiger partial charge in [0.2, 0.25) is 5.91 Å². The molecule has 0 aliphatic carbocycles. The maximum absolute atomic E-state index is 12.4. The Labute approximate surface area is 184 Å². The number of benzene rings is 2. The minimum Gasteiger partial charge on any atom is -0.507 e. The third-order valence-electron chi connectivity index (χ3n) is 5.01. The van der Waals surface area contributed by atoms with E-state index in [1.807, 2.05) is 30.5 Å². The first kappa shape index (κ1) is 21.3. The molecule has 1 aliphatic rings. The van der Waals surface area contributed by atoms with Crippen molar-refractivity contribution in [2.45, 2.75) is 12.6 Å². The summed E-state index contributed by atoms with van der Waals surface area (Å²) in [5.74, 6) is -0.0845. The molecule has 2 aromatic carbocycles. The highest BCUT2D eigenvalue weighted by Crippen LogP contribution is 2.37. The lowest BCUT2D eigenvalue weighted by Crippen LogP contribution is -2.48. The van der Waals surface area contributed by atoms with E-state index < -0.39 is 0 Å². The molecule has 0 bridgehead atoms. The van der Waals surface area contributed by atoms with Gasteiger partial charge in [-0.1, -0.05) is 23.7 Å². The summed E-state index contributed by atoms with van der Waals surface area (Å²) in [5, 5.41) is 30.7. The van der Waals surface area contributed by atoms with Gasteiger partial charge in [-0.3, -0.25) is 9.48 Å². The number of amides is 1. The summed E-state index contributed by atoms with van der Waals surface area (Å²) in [4.78, 5) is 12.4. The van der Waals surface area contributed by atoms with Crippen molar-refractivity contribution in [3.8, 4) is 28.1 Å². The van der Waals surface area contributed by atoms with Gasteiger partial charge in [-0.2, -0.15) is 5.10 Å². The number of aliphatic hydroxyl groups is 1. The summed E-state index contributed by atoms with van der Waals surface area (Å²) in [5.41, 5.74) is 3.33. The highest BCUT2D eigenvalue weighted by molar-refractivity contribution is 6.31. The molecule has 0 radical (unpaired) electrons. The van der Waals surface area contributed by atoms with Gasteiger partial charge in [0.25, 0.3) is 0 Å². The van der Waals surface area contributed by atoms with E-state index >= 15 is 0 Å². The highest BCUT2D eigenvalue weighted by atomic mass is 35.5. The maximum atomic E-state index is 12.4. The lowest BCUT2D eigenvalue weighted by Gasteiger charge is -2.22. The number of hydrogen-bond acceptors (Lipinski definition) is 6. The zero-order chi connectivity index (χ0) is 21.8. The number of nitrogens with one attached hydrogen (secondary N) is 2. The fourth-order valence-corrected chi connectivity index (χ4v) is 3.61. The van der Waals surface area contributed by atoms with Crippen molar-refractivity contribution in [2.24, 2.45) is 0 Å². The standard InChI is InChI=1S/C22H23ClN4O4/c23-15-3-6-20(29)17(11-15)21-18(12-27(26-21)8-9-28)14-1-4-16(5-2-14)25-22(30)19-13-31-10-7-24-19/h1-6,11-12,19,24,28-29H,7-10,13H2,(H,25,30). The molecule has 9 heteroatoms. The number of phenols is 1. The van der Waals surface area contributed by atoms with Crippen LogP contribution in [0.25, 0.3) is 22.4 Å². The van der Waals surface area contributed by atoms with Crippen molar-refractivity contribution in [3.05, 3.63) is 53.7 Å². The first-order chi connectivity index (χ1) is 15.0. The van der Waals surface area contributed by atoms with Gasteiger partial charge >= 0.3 is 0 Å². The molecule has 1 aromatic heterocycles. The second-order valence-corrected chi connectivity index (χ2v) is 7.62. The fraction of sp³-hybridized carbons (Fsp3) is 0.273. The number of morpholine rings is 1. The van der Waals surface area contributed by atoms with Crippen molar-refractivity contribution in [2.75, 3.05) is 31.7 Å². The predicted molar refractivity (Wildman–Crippen MR) is 118 cm³/mol. The molecule has 4 N–H and O–H groups in total. The Morgan fingerprint density at radius 1 is 1.26 bits per heavy atom. The lowest BCUT2D eigenvalue weighted by molar-refractivity contribution is -0.120. The zero-order valence-corrected chi connectivity index (χ0v) is 17.5. The molecule has 1 atom stereocenters. The van der Waals surface area contributed by atoms with Gasteiger partial charge in [0.1, 0.15) is 17.5 Å². The summed E-state index contributed by atoms with van der Waals surface area (Å²) in [6.45, 7) is 1.85. The molecule has 0 saturated carbocycles. The molecule has 4 rings (SSSR count). The van der Waals surface area contributed by atoms with Gasteiger partial charge in [-0.05, 0) is 35.9 Å². The van der Waals surface area contributed by atoms with Crippen LogP contribution in [-0.4, -0.2) is 58.3 Å². The van der Waals surface area contributed by atoms with Crippen LogP contribution in [0.3, 0.4) is 0 Å². The Morgan fingerprint density at radius 2 is 2.06 bits per heavy atom. The van der Waals surface area contributed by atoms with Crippen LogP contribution in [0.5, 0.6) is 5.75 Å². The van der Waals surface area contributed by atoms with E-state index in [4.69, 9.17) is 16.3 Å². The monoisotopic (exact) mass is 442 g/mol. The van der Waals surface area contributed by atoms with Crippen LogP contribution < -0.4 is 10.6 Å². The molecule has 31 heavy (non-hydrogen) atoms. The number of halogens is 1. The predicted octanol–water partition coefficient (Wildman–Crippen LogP) is 2.50. The number of aromatic hydroxyl groups is 1. The van der Waals surface area contributed by atoms with Crippen LogP contribution in [0.15, 0.2) is 48.7 Å². The average Bonchev–Trinajstić information content (AvgIpc) is 3.20. The number of rotatable bonds is 6. The summed E-state index contributed by atoms with van der Waals surface area (Å²) in [6.07, 6.45) is 1.81. The lowest BCUT2D eigenvalue weighted by atomic mass is 10.0. The van der Waals surface area contributed by atoms with Crippen molar-refractivity contribution >= 4 is 23.2 Å². The Hall–Kier alpha value is -2.91. The largest absolute Gasteiger partial charge is 0.507 e. The number of nitrogens with zero attached hydrogens (tertiary/aromatic N) is 2. The molecule has 1 unspecified atom stereocenters. The van der Waals surface area contributed by atoms with Crippen LogP contribution in [0.1, 0.15) is 0 Å². The van der Waals surface area contributed by atoms with Gasteiger partial charge in [0.15, 0.2) is 0 Å². The van der Waals surface area contributed by atoms with Crippen molar-refractivity contribution in [1.29, 1.82) is 0 Å². The number of ether oxygens (including phenoxy) is 1. The molecule has 1 amide bonds. The molecule has 1 fully saturated rings. The van der Waals surface area contributed by atoms with Gasteiger partial charge in [-0.25, -0.2) is 0 Å². The average molecular weight is 443 g/mol. The first-order valence-corrected chi connectivity index (χ1v) is 10.3. The topological polar surface area (TPSA) is 109 Å². The molecule has 0 spiro atoms. The number of carbonyl (C=O) groups is 1. The number of phenolic OH excluding ortho intramolecular Hbond substituents is 1. The molecular weight excluding hydrogens is 420 g/mol. The fourth-order valence-electron chi connectivity index (χ4n) is 3.44. The quantitative estimate of drug-likeness (QED) is 0.467. The summed E-state index contributed by atoms with van der Waals surface area (Å²) < 4.78 is 6.95. The second-order valence-electron chi connectivity index (χ2n) is 7.19. The maximum Gasteiger partial charge on any atom is 0.243 e. The van der Waals surface area contributed by atoms with E-state index in [9.17, 15) is 15.0 Å². The van der Waals surface area contributed by atoms with Crippen LogP contribution in [0.4, 0.5) is 5.69 Å². The first-order valence-electron chi connectivity index (χ1n) is 9.95. The smallest absolute Gasteiger partial charge is 0.243 e. The van der Waals surface area contributed by atoms with Crippen LogP contribution in [0, 0.1) is 0 Å². The van der Waals surface area contributed by atoms with Crippen molar-refractivity contribution in [1.82, 2.24) is 15.1 Å². The minimum atomic E-state index is -0.373. The molecule has 1 saturated heterocycles. The van der Waals surface area contributed by atoms with Gasteiger partial charge in [-0.15, -0.1) is 0 Å². The van der Waals surface area contributed by atoms with Crippen molar-refractivity contribution in [3.63, 3.8) is 0 Å². The van der Waals surface area contributed by atoms with E-state index in [1.165, 1.54) is 6.07 Å². The van der Waals surface area contributed by atoms with E-state index in [0.717, 1.165) is 11.1 Å². The minimum absolute atomic E-state index is 0.0611. The zero-order valence-electron chi connectivity index (χ0n) is 16.7.